The first-order valence-electron chi connectivity index (χ1n) is 21.2. The van der Waals surface area contributed by atoms with Gasteiger partial charge in [0.05, 0.1) is 18.1 Å². The number of carbonyl (C=O) groups is 1. The smallest absolute Gasteiger partial charge is 0.276 e. The highest BCUT2D eigenvalue weighted by Gasteiger charge is 2.34. The molecule has 4 aliphatic heterocycles. The molecule has 4 saturated heterocycles. The molecule has 62 heavy (non-hydrogen) atoms. The monoisotopic (exact) mass is 850 g/mol. The molecule has 6 aromatic heterocycles. The number of carbonyl (C=O) groups excluding carboxylic acids is 1. The number of aromatic amines is 2. The van der Waals surface area contributed by atoms with Crippen molar-refractivity contribution in [3.05, 3.63) is 104 Å². The van der Waals surface area contributed by atoms with E-state index in [0.29, 0.717) is 46.6 Å². The van der Waals surface area contributed by atoms with Crippen LogP contribution in [0, 0.1) is 25.7 Å². The molecule has 19 heteroatoms. The summed E-state index contributed by atoms with van der Waals surface area (Å²) in [6, 6.07) is 3.53. The van der Waals surface area contributed by atoms with Gasteiger partial charge in [-0.3, -0.25) is 19.3 Å². The molecule has 4 fully saturated rings. The van der Waals surface area contributed by atoms with Crippen molar-refractivity contribution in [1.82, 2.24) is 69.3 Å². The summed E-state index contributed by atoms with van der Waals surface area (Å²) in [4.78, 5) is 68.9. The van der Waals surface area contributed by atoms with Crippen LogP contribution in [0.1, 0.15) is 122 Å². The third-order valence-electron chi connectivity index (χ3n) is 12.1. The predicted octanol–water partition coefficient (Wildman–Crippen LogP) is 3.51. The molecule has 0 amide bonds. The fraction of sp³-hybridized carbons (Fsp3) is 0.558. The summed E-state index contributed by atoms with van der Waals surface area (Å²) in [6.45, 7) is 15.4. The van der Waals surface area contributed by atoms with Crippen molar-refractivity contribution in [3.63, 3.8) is 0 Å². The minimum Gasteiger partial charge on any atom is -0.381 e. The van der Waals surface area contributed by atoms with E-state index in [0.717, 1.165) is 120 Å². The Morgan fingerprint density at radius 2 is 1.26 bits per heavy atom. The Balaban J connectivity index is 0.000000158. The third-order valence-corrected chi connectivity index (χ3v) is 12.1. The predicted molar refractivity (Wildman–Crippen MR) is 230 cm³/mol. The van der Waals surface area contributed by atoms with Gasteiger partial charge in [0.2, 0.25) is 0 Å². The molecule has 0 aromatic carbocycles. The number of aromatic nitrogens is 12. The average molecular weight is 851 g/mol. The number of aryl methyl sites for hydroxylation is 2. The quantitative estimate of drug-likeness (QED) is 0.195. The number of imidazole rings is 2. The number of hydrogen-bond donors (Lipinski definition) is 3. The Morgan fingerprint density at radius 3 is 1.76 bits per heavy atom. The molecule has 0 radical (unpaired) electrons. The molecule has 19 nitrogen and oxygen atoms in total. The first kappa shape index (κ1) is 44.4. The summed E-state index contributed by atoms with van der Waals surface area (Å²) in [5.74, 6) is 6.54. The van der Waals surface area contributed by atoms with Crippen LogP contribution < -0.4 is 16.4 Å². The molecule has 10 heterocycles. The molecular weight excluding hydrogens is 793 g/mol. The summed E-state index contributed by atoms with van der Waals surface area (Å²) < 4.78 is 14.4. The van der Waals surface area contributed by atoms with E-state index in [9.17, 15) is 14.4 Å². The van der Waals surface area contributed by atoms with Crippen molar-refractivity contribution in [1.29, 1.82) is 0 Å². The zero-order chi connectivity index (χ0) is 42.5. The fourth-order valence-corrected chi connectivity index (χ4v) is 8.76. The van der Waals surface area contributed by atoms with Crippen molar-refractivity contribution < 1.29 is 14.3 Å². The molecule has 10 rings (SSSR count). The molecule has 3 N–H and O–H groups in total. The van der Waals surface area contributed by atoms with E-state index in [1.807, 2.05) is 13.0 Å². The first-order chi connectivity index (χ1) is 29.6. The van der Waals surface area contributed by atoms with Gasteiger partial charge in [-0.2, -0.15) is 10.2 Å². The van der Waals surface area contributed by atoms with Gasteiger partial charge in [0.15, 0.2) is 17.3 Å². The van der Waals surface area contributed by atoms with Crippen molar-refractivity contribution in [2.75, 3.05) is 52.6 Å². The maximum absolute atomic E-state index is 12.8. The van der Waals surface area contributed by atoms with Gasteiger partial charge in [0, 0.05) is 88.7 Å². The zero-order valence-electron chi connectivity index (χ0n) is 35.2. The second kappa shape index (κ2) is 20.0. The number of ether oxygens (including phenoxy) is 2. The van der Waals surface area contributed by atoms with Crippen LogP contribution in [0.5, 0.6) is 0 Å². The lowest BCUT2D eigenvalue weighted by molar-refractivity contribution is 0.0831. The molecule has 0 bridgehead atoms. The lowest BCUT2D eigenvalue weighted by atomic mass is 9.97. The minimum absolute atomic E-state index is 0. The van der Waals surface area contributed by atoms with Crippen LogP contribution in [0.15, 0.2) is 46.5 Å². The Bertz CT molecular complexity index is 2560. The number of rotatable bonds is 7. The van der Waals surface area contributed by atoms with Gasteiger partial charge >= 0.3 is 0 Å². The van der Waals surface area contributed by atoms with E-state index in [4.69, 9.17) is 19.7 Å². The molecule has 4 aliphatic rings. The number of hydrogen-bond acceptors (Lipinski definition) is 15. The van der Waals surface area contributed by atoms with Crippen LogP contribution in [-0.2, 0) is 16.0 Å². The Labute approximate surface area is 359 Å². The first-order valence-corrected chi connectivity index (χ1v) is 21.2. The van der Waals surface area contributed by atoms with Gasteiger partial charge < -0.3 is 24.8 Å². The number of likely N-dealkylation sites (tertiary alicyclic amines) is 1. The van der Waals surface area contributed by atoms with Crippen LogP contribution in [0.2, 0.25) is 0 Å². The highest BCUT2D eigenvalue weighted by Crippen LogP contribution is 2.32. The van der Waals surface area contributed by atoms with E-state index < -0.39 is 0 Å². The second-order valence-corrected chi connectivity index (χ2v) is 16.5. The SMILES string of the molecule is C.CC1CNCC1c1nn2c(C3CCOCC3)ncc2c(=O)[nH]1.Cc1nccc(C=O)n1.Cc1nccc(CN2CC(C)C(c3nn4c(C5CCOCC5)ncc4c(=O)[nH]3)C2)n1. The summed E-state index contributed by atoms with van der Waals surface area (Å²) in [7, 11) is 0. The molecule has 4 atom stereocenters. The zero-order valence-corrected chi connectivity index (χ0v) is 35.2. The lowest BCUT2D eigenvalue weighted by Gasteiger charge is -2.21. The normalized spacial score (nSPS) is 22.1. The molecule has 6 aromatic rings. The lowest BCUT2D eigenvalue weighted by Crippen LogP contribution is -2.24. The summed E-state index contributed by atoms with van der Waals surface area (Å²) in [5.41, 5.74) is 2.27. The molecule has 0 spiro atoms. The maximum atomic E-state index is 12.8. The van der Waals surface area contributed by atoms with Crippen LogP contribution >= 0.6 is 0 Å². The van der Waals surface area contributed by atoms with E-state index in [2.05, 4.69) is 63.9 Å². The van der Waals surface area contributed by atoms with Gasteiger partial charge in [-0.15, -0.1) is 0 Å². The molecular formula is C43H58N14O5. The largest absolute Gasteiger partial charge is 0.381 e. The molecule has 4 unspecified atom stereocenters. The van der Waals surface area contributed by atoms with Crippen LogP contribution in [-0.4, -0.2) is 123 Å². The van der Waals surface area contributed by atoms with E-state index in [-0.39, 0.29) is 36.3 Å². The Morgan fingerprint density at radius 1 is 0.710 bits per heavy atom. The van der Waals surface area contributed by atoms with Gasteiger partial charge in [-0.1, -0.05) is 21.3 Å². The highest BCUT2D eigenvalue weighted by molar-refractivity contribution is 5.71. The highest BCUT2D eigenvalue weighted by atomic mass is 16.5. The van der Waals surface area contributed by atoms with Crippen molar-refractivity contribution in [2.24, 2.45) is 11.8 Å². The van der Waals surface area contributed by atoms with Gasteiger partial charge in [-0.25, -0.2) is 38.9 Å². The number of aldehydes is 1. The topological polar surface area (TPSA) is 228 Å². The van der Waals surface area contributed by atoms with E-state index >= 15 is 0 Å². The summed E-state index contributed by atoms with van der Waals surface area (Å²) >= 11 is 0. The molecule has 330 valence electrons. The number of H-pyrrole nitrogens is 2. The Kier molecular flexibility index (Phi) is 14.4. The third kappa shape index (κ3) is 10.0. The van der Waals surface area contributed by atoms with Crippen LogP contribution in [0.25, 0.3) is 11.0 Å². The van der Waals surface area contributed by atoms with Gasteiger partial charge in [0.25, 0.3) is 11.1 Å². The second-order valence-electron chi connectivity index (χ2n) is 16.5. The standard InChI is InChI=1S/C21H27N7O2.C15H21N5O2.C6H6N2O.CH4/c1-13-10-27(11-16-3-6-22-14(2)24-16)12-17(13)19-25-21(29)18-9-23-20(28(18)26-19)15-4-7-30-8-5-15;1-9-6-16-7-11(9)13-18-15(21)12-8-17-14(20(12)19-13)10-2-4-22-5-3-10;1-5-7-3-2-6(4-9)8-5;/h3,6,9,13,15,17H,4-5,7-8,10-12H2,1-2H3,(H,25,26,29);8-11,16H,2-7H2,1H3,(H,18,19,21);2-4H,1H3;1H4. The number of nitrogens with one attached hydrogen (secondary N) is 3. The van der Waals surface area contributed by atoms with Crippen LogP contribution in [0.4, 0.5) is 0 Å². The van der Waals surface area contributed by atoms with Gasteiger partial charge in [0.1, 0.15) is 40.6 Å². The van der Waals surface area contributed by atoms with Crippen molar-refractivity contribution in [2.45, 2.75) is 91.0 Å². The minimum atomic E-state index is -0.122. The summed E-state index contributed by atoms with van der Waals surface area (Å²) in [5, 5.41) is 12.9. The average Bonchev–Trinajstić information content (AvgIpc) is 4.08. The summed E-state index contributed by atoms with van der Waals surface area (Å²) in [6.07, 6.45) is 11.0. The van der Waals surface area contributed by atoms with Crippen LogP contribution in [0.3, 0.4) is 0 Å². The Hall–Kier alpha value is -5.63. The maximum Gasteiger partial charge on any atom is 0.276 e. The number of fused-ring (bicyclic) bond motifs is 2. The molecule has 0 saturated carbocycles. The van der Waals surface area contributed by atoms with E-state index in [1.165, 1.54) is 0 Å². The fourth-order valence-electron chi connectivity index (χ4n) is 8.76. The van der Waals surface area contributed by atoms with Crippen molar-refractivity contribution >= 4 is 17.3 Å². The van der Waals surface area contributed by atoms with Crippen molar-refractivity contribution in [3.8, 4) is 0 Å². The number of nitrogens with zero attached hydrogens (tertiary/aromatic N) is 11. The molecule has 0 aliphatic carbocycles. The van der Waals surface area contributed by atoms with Gasteiger partial charge in [-0.05, 0) is 70.0 Å². The van der Waals surface area contributed by atoms with E-state index in [1.54, 1.807) is 46.8 Å².